The Bertz CT molecular complexity index is 899. The Morgan fingerprint density at radius 3 is 2.18 bits per heavy atom. The molecule has 0 atom stereocenters. The van der Waals surface area contributed by atoms with Gasteiger partial charge in [-0.15, -0.1) is 0 Å². The van der Waals surface area contributed by atoms with Crippen molar-refractivity contribution >= 4 is 28.9 Å². The van der Waals surface area contributed by atoms with Gasteiger partial charge in [0.1, 0.15) is 5.75 Å². The Kier molecular flexibility index (Phi) is 2.33. The summed E-state index contributed by atoms with van der Waals surface area (Å²) in [6.45, 7) is 0. The molecule has 2 aliphatic heterocycles. The number of anilines is 2. The zero-order valence-electron chi connectivity index (χ0n) is 11.3. The van der Waals surface area contributed by atoms with E-state index in [0.717, 1.165) is 0 Å². The number of Topliss-reactive ketones (excluding diaryl/α,β-unsaturated/α-hetero) is 1. The van der Waals surface area contributed by atoms with Gasteiger partial charge in [-0.2, -0.15) is 0 Å². The number of ether oxygens (including phenoxy) is 2. The lowest BCUT2D eigenvalue weighted by Gasteiger charge is -2.05. The zero-order chi connectivity index (χ0) is 15.4. The van der Waals surface area contributed by atoms with E-state index in [-0.39, 0.29) is 17.1 Å². The van der Waals surface area contributed by atoms with Gasteiger partial charge in [0, 0.05) is 11.4 Å². The van der Waals surface area contributed by atoms with E-state index in [0.29, 0.717) is 28.3 Å². The van der Waals surface area contributed by atoms with Crippen LogP contribution in [-0.2, 0) is 4.74 Å². The van der Waals surface area contributed by atoms with Crippen LogP contribution in [0.3, 0.4) is 0 Å². The van der Waals surface area contributed by atoms with E-state index in [9.17, 15) is 9.59 Å². The molecule has 0 aliphatic carbocycles. The van der Waals surface area contributed by atoms with Crippen LogP contribution < -0.4 is 16.2 Å². The van der Waals surface area contributed by atoms with Crippen molar-refractivity contribution in [3.05, 3.63) is 58.8 Å². The first-order valence-electron chi connectivity index (χ1n) is 6.54. The van der Waals surface area contributed by atoms with Crippen LogP contribution in [0.5, 0.6) is 5.75 Å². The summed E-state index contributed by atoms with van der Waals surface area (Å²) >= 11 is 0. The van der Waals surface area contributed by atoms with Crippen LogP contribution in [0.15, 0.2) is 42.2 Å². The molecule has 4 rings (SSSR count). The summed E-state index contributed by atoms with van der Waals surface area (Å²) in [6.07, 6.45) is 0. The van der Waals surface area contributed by atoms with Crippen molar-refractivity contribution in [1.29, 1.82) is 0 Å². The third-order valence-electron chi connectivity index (χ3n) is 3.65. The Balaban J connectivity index is 1.95. The van der Waals surface area contributed by atoms with Crippen molar-refractivity contribution in [2.45, 2.75) is 0 Å². The summed E-state index contributed by atoms with van der Waals surface area (Å²) < 4.78 is 10.8. The van der Waals surface area contributed by atoms with Crippen LogP contribution in [0.2, 0.25) is 0 Å². The van der Waals surface area contributed by atoms with Gasteiger partial charge in [0.25, 0.3) is 0 Å². The number of allylic oxidation sites excluding steroid dienone is 1. The molecule has 0 radical (unpaired) electrons. The van der Waals surface area contributed by atoms with E-state index in [2.05, 4.69) is 0 Å². The van der Waals surface area contributed by atoms with Crippen LogP contribution >= 0.6 is 0 Å². The summed E-state index contributed by atoms with van der Waals surface area (Å²) in [5.74, 6) is -0.680. The Morgan fingerprint density at radius 2 is 1.45 bits per heavy atom. The Labute approximate surface area is 124 Å². The number of hydrogen-bond donors (Lipinski definition) is 2. The summed E-state index contributed by atoms with van der Waals surface area (Å²) in [5.41, 5.74) is 13.3. The van der Waals surface area contributed by atoms with E-state index in [1.807, 2.05) is 0 Å². The van der Waals surface area contributed by atoms with Crippen molar-refractivity contribution < 1.29 is 19.1 Å². The maximum atomic E-state index is 12.5. The molecule has 4 N–H and O–H groups in total. The third kappa shape index (κ3) is 1.49. The predicted molar refractivity (Wildman–Crippen MR) is 79.0 cm³/mol. The minimum absolute atomic E-state index is 0.0405. The maximum Gasteiger partial charge on any atom is 0.344 e. The molecule has 2 aromatic carbocycles. The molecule has 22 heavy (non-hydrogen) atoms. The normalized spacial score (nSPS) is 18.7. The zero-order valence-corrected chi connectivity index (χ0v) is 11.3. The van der Waals surface area contributed by atoms with Gasteiger partial charge < -0.3 is 20.9 Å². The number of hydrogen-bond acceptors (Lipinski definition) is 6. The van der Waals surface area contributed by atoms with Crippen LogP contribution in [-0.4, -0.2) is 11.8 Å². The number of benzene rings is 2. The molecule has 0 saturated carbocycles. The summed E-state index contributed by atoms with van der Waals surface area (Å²) in [4.78, 5) is 24.5. The van der Waals surface area contributed by atoms with E-state index < -0.39 is 11.8 Å². The minimum atomic E-state index is -0.565. The van der Waals surface area contributed by atoms with Gasteiger partial charge in [0.2, 0.25) is 11.5 Å². The molecule has 2 aliphatic rings. The maximum absolute atomic E-state index is 12.5. The number of nitrogens with two attached hydrogens (primary N) is 2. The van der Waals surface area contributed by atoms with Crippen LogP contribution in [0.1, 0.15) is 26.3 Å². The van der Waals surface area contributed by atoms with E-state index in [1.54, 1.807) is 36.4 Å². The number of ketones is 1. The first-order valence-corrected chi connectivity index (χ1v) is 6.54. The van der Waals surface area contributed by atoms with E-state index >= 15 is 0 Å². The summed E-state index contributed by atoms with van der Waals surface area (Å²) in [7, 11) is 0. The molecule has 0 unspecified atom stereocenters. The summed E-state index contributed by atoms with van der Waals surface area (Å²) in [6, 6.07) is 9.77. The Hall–Kier alpha value is -3.28. The SMILES string of the molecule is Nc1cccc2c1C(=O)C(=C1OC(=O)c3cccc(N)c31)O2. The van der Waals surface area contributed by atoms with Crippen molar-refractivity contribution in [3.8, 4) is 5.75 Å². The molecule has 108 valence electrons. The molecule has 0 fully saturated rings. The highest BCUT2D eigenvalue weighted by Gasteiger charge is 2.39. The molecule has 0 aromatic heterocycles. The van der Waals surface area contributed by atoms with Gasteiger partial charge in [0.05, 0.1) is 16.7 Å². The topological polar surface area (TPSA) is 105 Å². The number of carbonyl (C=O) groups is 2. The van der Waals surface area contributed by atoms with Crippen molar-refractivity contribution in [3.63, 3.8) is 0 Å². The number of esters is 1. The quantitative estimate of drug-likeness (QED) is 0.437. The smallest absolute Gasteiger partial charge is 0.344 e. The van der Waals surface area contributed by atoms with Crippen LogP contribution in [0.4, 0.5) is 11.4 Å². The van der Waals surface area contributed by atoms with Crippen LogP contribution in [0, 0.1) is 0 Å². The predicted octanol–water partition coefficient (Wildman–Crippen LogP) is 1.97. The number of cyclic esters (lactones) is 1. The molecule has 0 bridgehead atoms. The lowest BCUT2D eigenvalue weighted by molar-refractivity contribution is 0.0710. The van der Waals surface area contributed by atoms with Gasteiger partial charge in [-0.1, -0.05) is 12.1 Å². The molecule has 0 spiro atoms. The Morgan fingerprint density at radius 1 is 0.773 bits per heavy atom. The standard InChI is InChI=1S/C16H10N2O4/c17-8-4-1-3-7-11(8)14(22-16(7)20)15-13(19)12-9(18)5-2-6-10(12)21-15/h1-6H,17-18H2. The van der Waals surface area contributed by atoms with Crippen molar-refractivity contribution in [1.82, 2.24) is 0 Å². The largest absolute Gasteiger partial charge is 0.448 e. The molecule has 0 amide bonds. The highest BCUT2D eigenvalue weighted by molar-refractivity contribution is 6.20. The number of fused-ring (bicyclic) bond motifs is 2. The average Bonchev–Trinajstić information content (AvgIpc) is 2.99. The van der Waals surface area contributed by atoms with Gasteiger partial charge in [-0.05, 0) is 24.3 Å². The molecule has 2 aromatic rings. The number of nitrogen functional groups attached to an aromatic ring is 2. The molecular formula is C16H10N2O4. The number of carbonyl (C=O) groups excluding carboxylic acids is 2. The minimum Gasteiger partial charge on any atom is -0.448 e. The highest BCUT2D eigenvalue weighted by Crippen LogP contribution is 2.42. The second-order valence-electron chi connectivity index (χ2n) is 4.97. The fourth-order valence-electron chi connectivity index (χ4n) is 2.65. The molecular weight excluding hydrogens is 284 g/mol. The lowest BCUT2D eigenvalue weighted by Crippen LogP contribution is -2.05. The molecule has 6 nitrogen and oxygen atoms in total. The van der Waals surface area contributed by atoms with E-state index in [4.69, 9.17) is 20.9 Å². The fraction of sp³-hybridized carbons (Fsp3) is 0. The van der Waals surface area contributed by atoms with Gasteiger partial charge >= 0.3 is 5.97 Å². The first kappa shape index (κ1) is 12.5. The van der Waals surface area contributed by atoms with E-state index in [1.165, 1.54) is 0 Å². The molecule has 0 saturated heterocycles. The van der Waals surface area contributed by atoms with Crippen molar-refractivity contribution in [2.24, 2.45) is 0 Å². The van der Waals surface area contributed by atoms with Crippen LogP contribution in [0.25, 0.3) is 5.76 Å². The van der Waals surface area contributed by atoms with Gasteiger partial charge in [0.15, 0.2) is 5.76 Å². The van der Waals surface area contributed by atoms with Gasteiger partial charge in [-0.3, -0.25) is 4.79 Å². The fourth-order valence-corrected chi connectivity index (χ4v) is 2.65. The molecule has 2 heterocycles. The highest BCUT2D eigenvalue weighted by atomic mass is 16.6. The second kappa shape index (κ2) is 4.11. The first-order chi connectivity index (χ1) is 10.6. The molecule has 6 heteroatoms. The third-order valence-corrected chi connectivity index (χ3v) is 3.65. The number of rotatable bonds is 0. The second-order valence-corrected chi connectivity index (χ2v) is 4.97. The van der Waals surface area contributed by atoms with Crippen molar-refractivity contribution in [2.75, 3.05) is 11.5 Å². The summed E-state index contributed by atoms with van der Waals surface area (Å²) in [5, 5.41) is 0. The lowest BCUT2D eigenvalue weighted by atomic mass is 10.0. The monoisotopic (exact) mass is 294 g/mol. The average molecular weight is 294 g/mol. The van der Waals surface area contributed by atoms with Gasteiger partial charge in [-0.25, -0.2) is 4.79 Å².